The molecule has 88 valence electrons. The molecule has 1 amide bonds. The van der Waals surface area contributed by atoms with Gasteiger partial charge in [-0.05, 0) is 31.9 Å². The molecule has 0 spiro atoms. The first kappa shape index (κ1) is 13.2. The molecule has 0 atom stereocenters. The van der Waals surface area contributed by atoms with Gasteiger partial charge in [0.25, 0.3) is 0 Å². The molecule has 0 unspecified atom stereocenters. The maximum atomic E-state index is 11.9. The fraction of sp³-hybridized carbons (Fsp3) is 0.909. The molecule has 0 bridgehead atoms. The van der Waals surface area contributed by atoms with Gasteiger partial charge in [-0.2, -0.15) is 11.8 Å². The van der Waals surface area contributed by atoms with Crippen LogP contribution in [0, 0.1) is 0 Å². The molecule has 0 saturated heterocycles. The maximum Gasteiger partial charge on any atom is 0.223 e. The summed E-state index contributed by atoms with van der Waals surface area (Å²) in [4.78, 5) is 14.0. The summed E-state index contributed by atoms with van der Waals surface area (Å²) in [7, 11) is 0. The Kier molecular flexibility index (Phi) is 6.50. The van der Waals surface area contributed by atoms with Crippen molar-refractivity contribution in [1.29, 1.82) is 0 Å². The van der Waals surface area contributed by atoms with Crippen LogP contribution in [0.2, 0.25) is 0 Å². The standard InChI is InChI=1S/C11H20ClNOS/c1-15-9-6-11(14)13(8-3-7-12)10-4-2-5-10/h10H,2-9H2,1H3. The Labute approximate surface area is 102 Å². The van der Waals surface area contributed by atoms with E-state index in [2.05, 4.69) is 4.90 Å². The number of alkyl halides is 1. The predicted octanol–water partition coefficient (Wildman–Crippen LogP) is 2.75. The lowest BCUT2D eigenvalue weighted by molar-refractivity contribution is -0.134. The Morgan fingerprint density at radius 3 is 2.73 bits per heavy atom. The minimum atomic E-state index is 0.319. The third-order valence-corrected chi connectivity index (χ3v) is 3.77. The molecule has 1 fully saturated rings. The van der Waals surface area contributed by atoms with Crippen LogP contribution in [0.3, 0.4) is 0 Å². The molecule has 2 nitrogen and oxygen atoms in total. The summed E-state index contributed by atoms with van der Waals surface area (Å²) in [5.41, 5.74) is 0. The normalized spacial score (nSPS) is 16.1. The largest absolute Gasteiger partial charge is 0.340 e. The minimum Gasteiger partial charge on any atom is -0.340 e. The molecule has 1 rings (SSSR count). The molecule has 1 saturated carbocycles. The summed E-state index contributed by atoms with van der Waals surface area (Å²) < 4.78 is 0. The van der Waals surface area contributed by atoms with Gasteiger partial charge in [-0.3, -0.25) is 4.79 Å². The van der Waals surface area contributed by atoms with Gasteiger partial charge in [-0.25, -0.2) is 0 Å². The zero-order valence-electron chi connectivity index (χ0n) is 9.38. The predicted molar refractivity (Wildman–Crippen MR) is 67.7 cm³/mol. The lowest BCUT2D eigenvalue weighted by Gasteiger charge is -2.37. The van der Waals surface area contributed by atoms with Gasteiger partial charge in [0, 0.05) is 30.6 Å². The third-order valence-electron chi connectivity index (χ3n) is 2.89. The molecule has 0 aromatic heterocycles. The summed E-state index contributed by atoms with van der Waals surface area (Å²) in [5.74, 6) is 1.90. The van der Waals surface area contributed by atoms with E-state index in [0.717, 1.165) is 18.7 Å². The lowest BCUT2D eigenvalue weighted by atomic mass is 9.91. The quantitative estimate of drug-likeness (QED) is 0.647. The van der Waals surface area contributed by atoms with Gasteiger partial charge in [0.1, 0.15) is 0 Å². The van der Waals surface area contributed by atoms with Gasteiger partial charge in [0.15, 0.2) is 0 Å². The van der Waals surface area contributed by atoms with E-state index >= 15 is 0 Å². The van der Waals surface area contributed by atoms with Gasteiger partial charge >= 0.3 is 0 Å². The molecule has 0 aromatic carbocycles. The van der Waals surface area contributed by atoms with Crippen molar-refractivity contribution in [3.8, 4) is 0 Å². The molecule has 0 N–H and O–H groups in total. The molecule has 0 aliphatic heterocycles. The van der Waals surface area contributed by atoms with Crippen molar-refractivity contribution < 1.29 is 4.79 Å². The van der Waals surface area contributed by atoms with E-state index in [-0.39, 0.29) is 0 Å². The molecule has 4 heteroatoms. The molecule has 0 radical (unpaired) electrons. The Morgan fingerprint density at radius 1 is 1.53 bits per heavy atom. The first-order valence-electron chi connectivity index (χ1n) is 5.64. The lowest BCUT2D eigenvalue weighted by Crippen LogP contribution is -2.45. The summed E-state index contributed by atoms with van der Waals surface area (Å²) in [6.45, 7) is 0.849. The van der Waals surface area contributed by atoms with Crippen LogP contribution in [0.4, 0.5) is 0 Å². The minimum absolute atomic E-state index is 0.319. The van der Waals surface area contributed by atoms with Crippen LogP contribution in [0.1, 0.15) is 32.1 Å². The maximum absolute atomic E-state index is 11.9. The van der Waals surface area contributed by atoms with Crippen molar-refractivity contribution >= 4 is 29.3 Å². The highest BCUT2D eigenvalue weighted by Gasteiger charge is 2.27. The molecule has 1 aliphatic rings. The van der Waals surface area contributed by atoms with Crippen LogP contribution in [0.25, 0.3) is 0 Å². The highest BCUT2D eigenvalue weighted by molar-refractivity contribution is 7.98. The second-order valence-corrected chi connectivity index (χ2v) is 5.32. The van der Waals surface area contributed by atoms with E-state index in [1.807, 2.05) is 6.26 Å². The number of hydrogen-bond donors (Lipinski definition) is 0. The van der Waals surface area contributed by atoms with Gasteiger partial charge in [0.2, 0.25) is 5.91 Å². The van der Waals surface area contributed by atoms with E-state index in [0.29, 0.717) is 24.2 Å². The number of rotatable bonds is 7. The van der Waals surface area contributed by atoms with Crippen molar-refractivity contribution in [3.05, 3.63) is 0 Å². The van der Waals surface area contributed by atoms with E-state index in [1.165, 1.54) is 19.3 Å². The van der Waals surface area contributed by atoms with Gasteiger partial charge in [-0.1, -0.05) is 0 Å². The van der Waals surface area contributed by atoms with E-state index < -0.39 is 0 Å². The van der Waals surface area contributed by atoms with Crippen molar-refractivity contribution in [2.24, 2.45) is 0 Å². The number of thioether (sulfide) groups is 1. The van der Waals surface area contributed by atoms with Crippen LogP contribution < -0.4 is 0 Å². The first-order valence-corrected chi connectivity index (χ1v) is 7.56. The zero-order chi connectivity index (χ0) is 11.1. The molecular formula is C11H20ClNOS. The number of carbonyl (C=O) groups excluding carboxylic acids is 1. The smallest absolute Gasteiger partial charge is 0.223 e. The average molecular weight is 250 g/mol. The molecule has 15 heavy (non-hydrogen) atoms. The van der Waals surface area contributed by atoms with Crippen LogP contribution in [-0.2, 0) is 4.79 Å². The van der Waals surface area contributed by atoms with Gasteiger partial charge in [0.05, 0.1) is 0 Å². The monoisotopic (exact) mass is 249 g/mol. The van der Waals surface area contributed by atoms with Gasteiger partial charge < -0.3 is 4.90 Å². The number of carbonyl (C=O) groups is 1. The molecular weight excluding hydrogens is 230 g/mol. The summed E-state index contributed by atoms with van der Waals surface area (Å²) in [5, 5.41) is 0. The SMILES string of the molecule is CSCCC(=O)N(CCCCl)C1CCC1. The van der Waals surface area contributed by atoms with Crippen molar-refractivity contribution in [2.75, 3.05) is 24.4 Å². The fourth-order valence-electron chi connectivity index (χ4n) is 1.77. The van der Waals surface area contributed by atoms with Crippen molar-refractivity contribution in [2.45, 2.75) is 38.1 Å². The third kappa shape index (κ3) is 4.23. The van der Waals surface area contributed by atoms with Crippen LogP contribution >= 0.6 is 23.4 Å². The van der Waals surface area contributed by atoms with Crippen molar-refractivity contribution in [1.82, 2.24) is 4.90 Å². The second kappa shape index (κ2) is 7.39. The Morgan fingerprint density at radius 2 is 2.27 bits per heavy atom. The second-order valence-electron chi connectivity index (χ2n) is 3.96. The fourth-order valence-corrected chi connectivity index (χ4v) is 2.27. The molecule has 0 aromatic rings. The number of nitrogens with zero attached hydrogens (tertiary/aromatic N) is 1. The van der Waals surface area contributed by atoms with Crippen LogP contribution in [0.5, 0.6) is 0 Å². The van der Waals surface area contributed by atoms with Crippen LogP contribution in [0.15, 0.2) is 0 Å². The summed E-state index contributed by atoms with van der Waals surface area (Å²) >= 11 is 7.41. The average Bonchev–Trinajstić information content (AvgIpc) is 2.17. The number of amides is 1. The highest BCUT2D eigenvalue weighted by atomic mass is 35.5. The summed E-state index contributed by atoms with van der Waals surface area (Å²) in [6, 6.07) is 0.516. The Bertz CT molecular complexity index is 197. The number of halogens is 1. The first-order chi connectivity index (χ1) is 7.29. The van der Waals surface area contributed by atoms with Gasteiger partial charge in [-0.15, -0.1) is 11.6 Å². The van der Waals surface area contributed by atoms with E-state index in [1.54, 1.807) is 11.8 Å². The number of hydrogen-bond acceptors (Lipinski definition) is 2. The molecule has 0 heterocycles. The zero-order valence-corrected chi connectivity index (χ0v) is 10.9. The highest BCUT2D eigenvalue weighted by Crippen LogP contribution is 2.25. The van der Waals surface area contributed by atoms with E-state index in [9.17, 15) is 4.79 Å². The van der Waals surface area contributed by atoms with Crippen molar-refractivity contribution in [3.63, 3.8) is 0 Å². The topological polar surface area (TPSA) is 20.3 Å². The Hall–Kier alpha value is 0.110. The molecule has 1 aliphatic carbocycles. The van der Waals surface area contributed by atoms with Crippen LogP contribution in [-0.4, -0.2) is 41.3 Å². The van der Waals surface area contributed by atoms with E-state index in [4.69, 9.17) is 11.6 Å². The summed E-state index contributed by atoms with van der Waals surface area (Å²) in [6.07, 6.45) is 7.29. The Balaban J connectivity index is 2.35.